The average molecular weight is 356 g/mol. The molecular weight excluding hydrogens is 342 g/mol. The van der Waals surface area contributed by atoms with E-state index in [-0.39, 0.29) is 11.7 Å². The van der Waals surface area contributed by atoms with Crippen molar-refractivity contribution in [2.75, 3.05) is 5.75 Å². The van der Waals surface area contributed by atoms with Gasteiger partial charge in [-0.3, -0.25) is 0 Å². The van der Waals surface area contributed by atoms with Crippen LogP contribution in [0.1, 0.15) is 16.6 Å². The Morgan fingerprint density at radius 2 is 2.25 bits per heavy atom. The van der Waals surface area contributed by atoms with E-state index >= 15 is 0 Å². The molecule has 2 heterocycles. The molecule has 1 aliphatic rings. The number of hydrogen-bond donors (Lipinski definition) is 0. The fourth-order valence-corrected chi connectivity index (χ4v) is 5.23. The highest BCUT2D eigenvalue weighted by Gasteiger charge is 2.47. The standard InChI is InChI=1S/C13H14BrN3O2S/c1-17-8-15-16-12(17)6-10-7-20(18,19)13(10)9-3-2-4-11(14)5-9/h2-5,8,10,13H,6-7H2,1H3. The molecule has 0 aliphatic carbocycles. The van der Waals surface area contributed by atoms with E-state index in [4.69, 9.17) is 0 Å². The van der Waals surface area contributed by atoms with Crippen LogP contribution >= 0.6 is 15.9 Å². The Morgan fingerprint density at radius 3 is 2.85 bits per heavy atom. The predicted octanol–water partition coefficient (Wildman–Crippen LogP) is 1.91. The van der Waals surface area contributed by atoms with Gasteiger partial charge in [-0.2, -0.15) is 0 Å². The second-order valence-corrected chi connectivity index (χ2v) is 8.21. The van der Waals surface area contributed by atoms with Crippen LogP contribution in [-0.4, -0.2) is 28.9 Å². The molecule has 0 bridgehead atoms. The van der Waals surface area contributed by atoms with Gasteiger partial charge in [0.15, 0.2) is 9.84 Å². The molecule has 7 heteroatoms. The Morgan fingerprint density at radius 1 is 1.45 bits per heavy atom. The average Bonchev–Trinajstić information content (AvgIpc) is 2.74. The van der Waals surface area contributed by atoms with Gasteiger partial charge in [0, 0.05) is 23.9 Å². The van der Waals surface area contributed by atoms with E-state index in [0.29, 0.717) is 6.42 Å². The van der Waals surface area contributed by atoms with Crippen molar-refractivity contribution in [1.29, 1.82) is 0 Å². The van der Waals surface area contributed by atoms with Gasteiger partial charge in [0.05, 0.1) is 11.0 Å². The van der Waals surface area contributed by atoms with E-state index < -0.39 is 15.1 Å². The normalized spacial score (nSPS) is 24.3. The molecule has 1 fully saturated rings. The van der Waals surface area contributed by atoms with Crippen molar-refractivity contribution in [2.24, 2.45) is 13.0 Å². The Kier molecular flexibility index (Phi) is 3.41. The molecule has 2 atom stereocenters. The minimum absolute atomic E-state index is 0.0669. The van der Waals surface area contributed by atoms with Crippen LogP contribution in [-0.2, 0) is 23.3 Å². The maximum absolute atomic E-state index is 12.1. The van der Waals surface area contributed by atoms with E-state index in [0.717, 1.165) is 15.9 Å². The molecule has 2 aromatic rings. The number of hydrogen-bond acceptors (Lipinski definition) is 4. The van der Waals surface area contributed by atoms with Gasteiger partial charge < -0.3 is 4.57 Å². The summed E-state index contributed by atoms with van der Waals surface area (Å²) in [5.41, 5.74) is 0.845. The SMILES string of the molecule is Cn1cnnc1CC1CS(=O)(=O)C1c1cccc(Br)c1. The highest BCUT2D eigenvalue weighted by atomic mass is 79.9. The lowest BCUT2D eigenvalue weighted by molar-refractivity contribution is 0.443. The molecule has 5 nitrogen and oxygen atoms in total. The molecular formula is C13H14BrN3O2S. The van der Waals surface area contributed by atoms with Crippen molar-refractivity contribution >= 4 is 25.8 Å². The van der Waals surface area contributed by atoms with Crippen LogP contribution in [0.3, 0.4) is 0 Å². The molecule has 0 radical (unpaired) electrons. The Labute approximate surface area is 126 Å². The van der Waals surface area contributed by atoms with Crippen LogP contribution in [0, 0.1) is 5.92 Å². The zero-order chi connectivity index (χ0) is 14.3. The molecule has 2 unspecified atom stereocenters. The number of rotatable bonds is 3. The topological polar surface area (TPSA) is 64.8 Å². The van der Waals surface area contributed by atoms with E-state index in [1.165, 1.54) is 0 Å². The molecule has 1 aromatic carbocycles. The third kappa shape index (κ3) is 2.40. The first-order chi connectivity index (χ1) is 9.47. The summed E-state index contributed by atoms with van der Waals surface area (Å²) in [6.07, 6.45) is 2.27. The summed E-state index contributed by atoms with van der Waals surface area (Å²) in [6, 6.07) is 7.51. The van der Waals surface area contributed by atoms with Gasteiger partial charge in [0.25, 0.3) is 0 Å². The fraction of sp³-hybridized carbons (Fsp3) is 0.385. The van der Waals surface area contributed by atoms with E-state index in [9.17, 15) is 8.42 Å². The van der Waals surface area contributed by atoms with Crippen LogP contribution < -0.4 is 0 Å². The van der Waals surface area contributed by atoms with Crippen molar-refractivity contribution in [3.05, 3.63) is 46.5 Å². The summed E-state index contributed by atoms with van der Waals surface area (Å²) in [4.78, 5) is 0. The number of sulfone groups is 1. The zero-order valence-electron chi connectivity index (χ0n) is 10.9. The Balaban J connectivity index is 1.89. The van der Waals surface area contributed by atoms with Crippen LogP contribution in [0.5, 0.6) is 0 Å². The van der Waals surface area contributed by atoms with Gasteiger partial charge in [-0.25, -0.2) is 8.42 Å². The molecule has 0 saturated carbocycles. The summed E-state index contributed by atoms with van der Waals surface area (Å²) in [5, 5.41) is 7.44. The first kappa shape index (κ1) is 13.8. The van der Waals surface area contributed by atoms with Crippen LogP contribution in [0.15, 0.2) is 35.1 Å². The molecule has 1 aliphatic heterocycles. The van der Waals surface area contributed by atoms with Gasteiger partial charge in [0.1, 0.15) is 12.2 Å². The molecule has 1 saturated heterocycles. The molecule has 3 rings (SSSR count). The van der Waals surface area contributed by atoms with Crippen molar-refractivity contribution in [2.45, 2.75) is 11.7 Å². The number of aryl methyl sites for hydroxylation is 1. The summed E-state index contributed by atoms with van der Waals surface area (Å²) >= 11 is 3.39. The second kappa shape index (κ2) is 4.96. The molecule has 1 aromatic heterocycles. The number of benzene rings is 1. The number of aromatic nitrogens is 3. The van der Waals surface area contributed by atoms with Gasteiger partial charge >= 0.3 is 0 Å². The zero-order valence-corrected chi connectivity index (χ0v) is 13.3. The minimum Gasteiger partial charge on any atom is -0.321 e. The second-order valence-electron chi connectivity index (χ2n) is 5.13. The minimum atomic E-state index is -3.04. The smallest absolute Gasteiger partial charge is 0.157 e. The lowest BCUT2D eigenvalue weighted by atomic mass is 9.95. The monoisotopic (exact) mass is 355 g/mol. The lowest BCUT2D eigenvalue weighted by Gasteiger charge is -2.36. The number of nitrogens with zero attached hydrogens (tertiary/aromatic N) is 3. The Hall–Kier alpha value is -1.21. The highest BCUT2D eigenvalue weighted by Crippen LogP contribution is 2.43. The van der Waals surface area contributed by atoms with Crippen LogP contribution in [0.25, 0.3) is 0 Å². The summed E-state index contributed by atoms with van der Waals surface area (Å²) in [5.74, 6) is 1.11. The fourth-order valence-electron chi connectivity index (χ4n) is 2.72. The number of halogens is 1. The van der Waals surface area contributed by atoms with Gasteiger partial charge in [-0.1, -0.05) is 28.1 Å². The predicted molar refractivity (Wildman–Crippen MR) is 78.9 cm³/mol. The highest BCUT2D eigenvalue weighted by molar-refractivity contribution is 9.10. The van der Waals surface area contributed by atoms with Crippen molar-refractivity contribution < 1.29 is 8.42 Å². The lowest BCUT2D eigenvalue weighted by Crippen LogP contribution is -2.41. The first-order valence-corrected chi connectivity index (χ1v) is 8.78. The summed E-state index contributed by atoms with van der Waals surface area (Å²) < 4.78 is 26.9. The van der Waals surface area contributed by atoms with Crippen LogP contribution in [0.2, 0.25) is 0 Å². The van der Waals surface area contributed by atoms with Crippen molar-refractivity contribution in [3.63, 3.8) is 0 Å². The molecule has 0 amide bonds. The van der Waals surface area contributed by atoms with Crippen molar-refractivity contribution in [3.8, 4) is 0 Å². The van der Waals surface area contributed by atoms with Gasteiger partial charge in [-0.15, -0.1) is 10.2 Å². The molecule has 0 spiro atoms. The molecule has 20 heavy (non-hydrogen) atoms. The van der Waals surface area contributed by atoms with Gasteiger partial charge in [0.2, 0.25) is 0 Å². The largest absolute Gasteiger partial charge is 0.321 e. The third-order valence-corrected chi connectivity index (χ3v) is 6.51. The van der Waals surface area contributed by atoms with E-state index in [2.05, 4.69) is 26.1 Å². The quantitative estimate of drug-likeness (QED) is 0.843. The third-order valence-electron chi connectivity index (χ3n) is 3.69. The summed E-state index contributed by atoms with van der Waals surface area (Å²) in [7, 11) is -1.16. The first-order valence-electron chi connectivity index (χ1n) is 6.27. The maximum atomic E-state index is 12.1. The summed E-state index contributed by atoms with van der Waals surface area (Å²) in [6.45, 7) is 0. The van der Waals surface area contributed by atoms with Gasteiger partial charge in [-0.05, 0) is 17.7 Å². The van der Waals surface area contributed by atoms with Crippen molar-refractivity contribution in [1.82, 2.24) is 14.8 Å². The maximum Gasteiger partial charge on any atom is 0.157 e. The Bertz CT molecular complexity index is 742. The molecule has 0 N–H and O–H groups in total. The van der Waals surface area contributed by atoms with E-state index in [1.54, 1.807) is 6.33 Å². The van der Waals surface area contributed by atoms with Crippen LogP contribution in [0.4, 0.5) is 0 Å². The molecule has 106 valence electrons. The van der Waals surface area contributed by atoms with E-state index in [1.807, 2.05) is 35.9 Å².